The highest BCUT2D eigenvalue weighted by molar-refractivity contribution is 7.91. The Labute approximate surface area is 146 Å². The predicted molar refractivity (Wildman–Crippen MR) is 92.5 cm³/mol. The first kappa shape index (κ1) is 17.6. The van der Waals surface area contributed by atoms with E-state index in [1.54, 1.807) is 29.6 Å². The van der Waals surface area contributed by atoms with Crippen LogP contribution in [0.3, 0.4) is 0 Å². The summed E-state index contributed by atoms with van der Waals surface area (Å²) in [7, 11) is -1.79. The summed E-state index contributed by atoms with van der Waals surface area (Å²) in [5.41, 5.74) is 0.664. The quantitative estimate of drug-likeness (QED) is 0.699. The van der Waals surface area contributed by atoms with E-state index < -0.39 is 10.0 Å². The summed E-state index contributed by atoms with van der Waals surface area (Å²) in [6.07, 6.45) is 6.13. The second-order valence-corrected chi connectivity index (χ2v) is 9.10. The number of thiophene rings is 1. The van der Waals surface area contributed by atoms with Crippen molar-refractivity contribution < 1.29 is 17.7 Å². The lowest BCUT2D eigenvalue weighted by molar-refractivity contribution is 0.172. The van der Waals surface area contributed by atoms with Crippen molar-refractivity contribution in [2.24, 2.45) is 0 Å². The van der Waals surface area contributed by atoms with E-state index in [9.17, 15) is 8.42 Å². The summed E-state index contributed by atoms with van der Waals surface area (Å²) in [6.45, 7) is 1.26. The number of aromatic nitrogens is 1. The molecule has 0 N–H and O–H groups in total. The molecule has 1 fully saturated rings. The monoisotopic (exact) mass is 370 g/mol. The molecule has 0 radical (unpaired) electrons. The molecule has 1 unspecified atom stereocenters. The van der Waals surface area contributed by atoms with Crippen LogP contribution in [-0.4, -0.2) is 44.2 Å². The van der Waals surface area contributed by atoms with Gasteiger partial charge in [0.15, 0.2) is 0 Å². The number of sulfonamides is 1. The van der Waals surface area contributed by atoms with E-state index in [4.69, 9.17) is 9.26 Å². The molecule has 2 aromatic heterocycles. The summed E-state index contributed by atoms with van der Waals surface area (Å²) >= 11 is 1.24. The van der Waals surface area contributed by atoms with Crippen LogP contribution in [0.4, 0.5) is 0 Å². The lowest BCUT2D eigenvalue weighted by atomic mass is 10.0. The third-order valence-corrected chi connectivity index (χ3v) is 7.82. The van der Waals surface area contributed by atoms with Gasteiger partial charge < -0.3 is 9.26 Å². The molecule has 1 atom stereocenters. The molecule has 0 bridgehead atoms. The molecule has 0 saturated carbocycles. The molecule has 0 aliphatic carbocycles. The van der Waals surface area contributed by atoms with Gasteiger partial charge in [0.2, 0.25) is 0 Å². The first-order chi connectivity index (χ1) is 11.6. The molecule has 1 saturated heterocycles. The SMILES string of the molecule is COCCCC1CCCCN1S(=O)(=O)c1ccc(-c2ccon2)s1. The van der Waals surface area contributed by atoms with E-state index in [2.05, 4.69) is 5.16 Å². The first-order valence-electron chi connectivity index (χ1n) is 8.14. The third-order valence-electron chi connectivity index (χ3n) is 4.29. The fraction of sp³-hybridized carbons (Fsp3) is 0.562. The zero-order chi connectivity index (χ0) is 17.0. The summed E-state index contributed by atoms with van der Waals surface area (Å²) < 4.78 is 38.1. The van der Waals surface area contributed by atoms with Crippen molar-refractivity contribution in [2.45, 2.75) is 42.4 Å². The molecule has 3 rings (SSSR count). The zero-order valence-corrected chi connectivity index (χ0v) is 15.3. The molecule has 0 aromatic carbocycles. The van der Waals surface area contributed by atoms with Crippen LogP contribution in [-0.2, 0) is 14.8 Å². The number of hydrogen-bond acceptors (Lipinski definition) is 6. The first-order valence-corrected chi connectivity index (χ1v) is 10.4. The van der Waals surface area contributed by atoms with Crippen molar-refractivity contribution in [2.75, 3.05) is 20.3 Å². The van der Waals surface area contributed by atoms with Gasteiger partial charge in [0.25, 0.3) is 10.0 Å². The molecule has 6 nitrogen and oxygen atoms in total. The summed E-state index contributed by atoms with van der Waals surface area (Å²) in [4.78, 5) is 0.801. The van der Waals surface area contributed by atoms with E-state index in [0.29, 0.717) is 23.1 Å². The molecule has 1 aliphatic rings. The van der Waals surface area contributed by atoms with Crippen LogP contribution in [0.1, 0.15) is 32.1 Å². The predicted octanol–water partition coefficient (Wildman–Crippen LogP) is 3.37. The van der Waals surface area contributed by atoms with Crippen LogP contribution in [0.2, 0.25) is 0 Å². The van der Waals surface area contributed by atoms with Gasteiger partial charge in [-0.15, -0.1) is 11.3 Å². The highest BCUT2D eigenvalue weighted by atomic mass is 32.2. The van der Waals surface area contributed by atoms with Gasteiger partial charge >= 0.3 is 0 Å². The maximum atomic E-state index is 13.1. The molecule has 24 heavy (non-hydrogen) atoms. The van der Waals surface area contributed by atoms with E-state index in [1.807, 2.05) is 0 Å². The van der Waals surface area contributed by atoms with E-state index in [-0.39, 0.29) is 6.04 Å². The van der Waals surface area contributed by atoms with Gasteiger partial charge in [0.05, 0.1) is 4.88 Å². The number of ether oxygens (including phenoxy) is 1. The minimum atomic E-state index is -3.47. The smallest absolute Gasteiger partial charge is 0.252 e. The lowest BCUT2D eigenvalue weighted by Crippen LogP contribution is -2.43. The van der Waals surface area contributed by atoms with Gasteiger partial charge in [-0.3, -0.25) is 0 Å². The Hall–Kier alpha value is -1.22. The van der Waals surface area contributed by atoms with Gasteiger partial charge in [-0.2, -0.15) is 4.31 Å². The van der Waals surface area contributed by atoms with Crippen molar-refractivity contribution >= 4 is 21.4 Å². The van der Waals surface area contributed by atoms with Crippen LogP contribution in [0.25, 0.3) is 10.6 Å². The fourth-order valence-corrected chi connectivity index (χ4v) is 6.21. The minimum absolute atomic E-state index is 0.0662. The molecule has 132 valence electrons. The molecule has 2 aromatic rings. The largest absolute Gasteiger partial charge is 0.385 e. The van der Waals surface area contributed by atoms with Crippen molar-refractivity contribution in [3.63, 3.8) is 0 Å². The number of piperidine rings is 1. The summed E-state index contributed by atoms with van der Waals surface area (Å²) in [6, 6.07) is 5.26. The molecular weight excluding hydrogens is 348 g/mol. The van der Waals surface area contributed by atoms with Crippen LogP contribution in [0, 0.1) is 0 Å². The molecular formula is C16H22N2O4S2. The van der Waals surface area contributed by atoms with Gasteiger partial charge in [0, 0.05) is 32.4 Å². The molecule has 0 amide bonds. The summed E-state index contributed by atoms with van der Waals surface area (Å²) in [5.74, 6) is 0. The topological polar surface area (TPSA) is 72.6 Å². The molecule has 1 aliphatic heterocycles. The average molecular weight is 370 g/mol. The summed E-state index contributed by atoms with van der Waals surface area (Å²) in [5, 5.41) is 3.87. The lowest BCUT2D eigenvalue weighted by Gasteiger charge is -2.34. The normalized spacial score (nSPS) is 19.6. The Morgan fingerprint density at radius 1 is 1.38 bits per heavy atom. The Bertz CT molecular complexity index is 740. The van der Waals surface area contributed by atoms with Crippen molar-refractivity contribution in [1.29, 1.82) is 0 Å². The molecule has 3 heterocycles. The van der Waals surface area contributed by atoms with Gasteiger partial charge in [-0.05, 0) is 37.8 Å². The zero-order valence-electron chi connectivity index (χ0n) is 13.7. The number of nitrogens with zero attached hydrogens (tertiary/aromatic N) is 2. The number of rotatable bonds is 7. The van der Waals surface area contributed by atoms with Gasteiger partial charge in [-0.25, -0.2) is 8.42 Å². The highest BCUT2D eigenvalue weighted by Crippen LogP contribution is 2.34. The second-order valence-electron chi connectivity index (χ2n) is 5.90. The van der Waals surface area contributed by atoms with Crippen molar-refractivity contribution in [3.8, 4) is 10.6 Å². The maximum absolute atomic E-state index is 13.1. The standard InChI is InChI=1S/C16H22N2O4S2/c1-21-11-4-6-13-5-2-3-10-18(13)24(19,20)16-8-7-15(23-16)14-9-12-22-17-14/h7-9,12-13H,2-6,10-11H2,1H3. The number of methoxy groups -OCH3 is 1. The van der Waals surface area contributed by atoms with Crippen LogP contribution in [0.15, 0.2) is 33.2 Å². The van der Waals surface area contributed by atoms with Gasteiger partial charge in [-0.1, -0.05) is 11.6 Å². The maximum Gasteiger partial charge on any atom is 0.252 e. The van der Waals surface area contributed by atoms with Gasteiger partial charge in [0.1, 0.15) is 16.2 Å². The van der Waals surface area contributed by atoms with Crippen LogP contribution in [0.5, 0.6) is 0 Å². The van der Waals surface area contributed by atoms with E-state index >= 15 is 0 Å². The average Bonchev–Trinajstić information content (AvgIpc) is 3.27. The molecule has 0 spiro atoms. The van der Waals surface area contributed by atoms with Crippen LogP contribution >= 0.6 is 11.3 Å². The third kappa shape index (κ3) is 3.72. The molecule has 8 heteroatoms. The Balaban J connectivity index is 1.80. The second kappa shape index (κ2) is 7.77. The van der Waals surface area contributed by atoms with Crippen molar-refractivity contribution in [1.82, 2.24) is 9.46 Å². The Morgan fingerprint density at radius 3 is 3.00 bits per heavy atom. The van der Waals surface area contributed by atoms with Crippen LogP contribution < -0.4 is 0 Å². The Kier molecular flexibility index (Phi) is 5.70. The van der Waals surface area contributed by atoms with Crippen molar-refractivity contribution in [3.05, 3.63) is 24.5 Å². The highest BCUT2D eigenvalue weighted by Gasteiger charge is 2.34. The van der Waals surface area contributed by atoms with E-state index in [0.717, 1.165) is 37.0 Å². The minimum Gasteiger partial charge on any atom is -0.385 e. The Morgan fingerprint density at radius 2 is 2.25 bits per heavy atom. The fourth-order valence-electron chi connectivity index (χ4n) is 3.09. The van der Waals surface area contributed by atoms with E-state index in [1.165, 1.54) is 17.6 Å². The number of hydrogen-bond donors (Lipinski definition) is 0.